The zero-order valence-electron chi connectivity index (χ0n) is 11.7. The van der Waals surface area contributed by atoms with Crippen molar-refractivity contribution in [1.29, 1.82) is 0 Å². The molecular formula is C15H23NO2. The molecule has 0 heterocycles. The van der Waals surface area contributed by atoms with Crippen LogP contribution in [-0.2, 0) is 5.41 Å². The van der Waals surface area contributed by atoms with Crippen LogP contribution in [0, 0.1) is 0 Å². The van der Waals surface area contributed by atoms with Crippen molar-refractivity contribution >= 4 is 0 Å². The zero-order valence-corrected chi connectivity index (χ0v) is 11.7. The van der Waals surface area contributed by atoms with Crippen LogP contribution in [0.25, 0.3) is 0 Å². The Kier molecular flexibility index (Phi) is 5.23. The number of hydrogen-bond acceptors (Lipinski definition) is 3. The molecule has 0 aromatic heterocycles. The van der Waals surface area contributed by atoms with E-state index in [2.05, 4.69) is 20.8 Å². The minimum absolute atomic E-state index is 0.0153. The van der Waals surface area contributed by atoms with Gasteiger partial charge in [0.15, 0.2) is 0 Å². The van der Waals surface area contributed by atoms with E-state index in [0.29, 0.717) is 13.2 Å². The van der Waals surface area contributed by atoms with Crippen LogP contribution < -0.4 is 15.2 Å². The van der Waals surface area contributed by atoms with Crippen molar-refractivity contribution in [1.82, 2.24) is 0 Å². The van der Waals surface area contributed by atoms with Gasteiger partial charge in [-0.2, -0.15) is 0 Å². The van der Waals surface area contributed by atoms with Crippen LogP contribution in [0.15, 0.2) is 30.4 Å². The Labute approximate surface area is 110 Å². The van der Waals surface area contributed by atoms with E-state index < -0.39 is 0 Å². The predicted molar refractivity (Wildman–Crippen MR) is 75.4 cm³/mol. The molecule has 100 valence electrons. The fourth-order valence-electron chi connectivity index (χ4n) is 1.65. The monoisotopic (exact) mass is 249 g/mol. The number of ether oxygens (including phenoxy) is 2. The fourth-order valence-corrected chi connectivity index (χ4v) is 1.65. The molecule has 0 fully saturated rings. The SMILES string of the molecule is COc1ccc(OCC=CCN)c(C(C)(C)C)c1. The summed E-state index contributed by atoms with van der Waals surface area (Å²) in [6, 6.07) is 5.90. The van der Waals surface area contributed by atoms with Gasteiger partial charge in [-0.3, -0.25) is 0 Å². The second-order valence-corrected chi connectivity index (χ2v) is 5.13. The molecule has 0 aliphatic carbocycles. The summed E-state index contributed by atoms with van der Waals surface area (Å²) in [7, 11) is 1.67. The molecular weight excluding hydrogens is 226 g/mol. The highest BCUT2D eigenvalue weighted by atomic mass is 16.5. The molecule has 0 aliphatic heterocycles. The van der Waals surface area contributed by atoms with Gasteiger partial charge in [-0.05, 0) is 23.6 Å². The van der Waals surface area contributed by atoms with E-state index >= 15 is 0 Å². The molecule has 3 heteroatoms. The summed E-state index contributed by atoms with van der Waals surface area (Å²) in [6.45, 7) is 7.55. The number of nitrogens with two attached hydrogens (primary N) is 1. The lowest BCUT2D eigenvalue weighted by Gasteiger charge is -2.23. The van der Waals surface area contributed by atoms with Gasteiger partial charge in [0.05, 0.1) is 7.11 Å². The first-order chi connectivity index (χ1) is 8.49. The molecule has 0 aliphatic rings. The van der Waals surface area contributed by atoms with E-state index in [-0.39, 0.29) is 5.41 Å². The predicted octanol–water partition coefficient (Wildman–Crippen LogP) is 2.89. The summed E-state index contributed by atoms with van der Waals surface area (Å²) in [5.74, 6) is 1.75. The Hall–Kier alpha value is -1.48. The van der Waals surface area contributed by atoms with Crippen LogP contribution in [0.2, 0.25) is 0 Å². The first kappa shape index (κ1) is 14.6. The third-order valence-corrected chi connectivity index (χ3v) is 2.63. The largest absolute Gasteiger partial charge is 0.497 e. The molecule has 1 aromatic rings. The van der Waals surface area contributed by atoms with Gasteiger partial charge in [-0.25, -0.2) is 0 Å². The van der Waals surface area contributed by atoms with Gasteiger partial charge in [-0.1, -0.05) is 32.9 Å². The third kappa shape index (κ3) is 4.08. The molecule has 0 saturated carbocycles. The first-order valence-corrected chi connectivity index (χ1v) is 6.15. The van der Waals surface area contributed by atoms with Gasteiger partial charge in [-0.15, -0.1) is 0 Å². The van der Waals surface area contributed by atoms with Crippen LogP contribution in [0.4, 0.5) is 0 Å². The Morgan fingerprint density at radius 3 is 2.50 bits per heavy atom. The minimum Gasteiger partial charge on any atom is -0.497 e. The highest BCUT2D eigenvalue weighted by Gasteiger charge is 2.19. The maximum Gasteiger partial charge on any atom is 0.123 e. The van der Waals surface area contributed by atoms with Crippen molar-refractivity contribution in [2.45, 2.75) is 26.2 Å². The molecule has 1 rings (SSSR count). The Balaban J connectivity index is 2.92. The molecule has 0 unspecified atom stereocenters. The molecule has 1 aromatic carbocycles. The van der Waals surface area contributed by atoms with E-state index in [4.69, 9.17) is 15.2 Å². The Morgan fingerprint density at radius 1 is 1.22 bits per heavy atom. The molecule has 0 atom stereocenters. The quantitative estimate of drug-likeness (QED) is 0.816. The lowest BCUT2D eigenvalue weighted by Crippen LogP contribution is -2.13. The van der Waals surface area contributed by atoms with Crippen molar-refractivity contribution in [3.8, 4) is 11.5 Å². The number of rotatable bonds is 5. The Morgan fingerprint density at radius 2 is 1.94 bits per heavy atom. The van der Waals surface area contributed by atoms with E-state index in [9.17, 15) is 0 Å². The third-order valence-electron chi connectivity index (χ3n) is 2.63. The smallest absolute Gasteiger partial charge is 0.123 e. The number of hydrogen-bond donors (Lipinski definition) is 1. The maximum atomic E-state index is 5.77. The van der Waals surface area contributed by atoms with Crippen molar-refractivity contribution in [2.24, 2.45) is 5.73 Å². The molecule has 0 saturated heterocycles. The standard InChI is InChI=1S/C15H23NO2/c1-15(2,3)13-11-12(17-4)7-8-14(13)18-10-6-5-9-16/h5-8,11H,9-10,16H2,1-4H3. The van der Waals surface area contributed by atoms with E-state index in [1.807, 2.05) is 30.4 Å². The summed E-state index contributed by atoms with van der Waals surface area (Å²) in [4.78, 5) is 0. The average molecular weight is 249 g/mol. The first-order valence-electron chi connectivity index (χ1n) is 6.15. The summed E-state index contributed by atoms with van der Waals surface area (Å²) >= 11 is 0. The lowest BCUT2D eigenvalue weighted by atomic mass is 9.86. The van der Waals surface area contributed by atoms with Gasteiger partial charge in [0.2, 0.25) is 0 Å². The lowest BCUT2D eigenvalue weighted by molar-refractivity contribution is 0.347. The van der Waals surface area contributed by atoms with Crippen LogP contribution in [0.3, 0.4) is 0 Å². The van der Waals surface area contributed by atoms with Crippen molar-refractivity contribution in [3.05, 3.63) is 35.9 Å². The summed E-state index contributed by atoms with van der Waals surface area (Å²) in [5.41, 5.74) is 6.54. The molecule has 0 radical (unpaired) electrons. The number of methoxy groups -OCH3 is 1. The second-order valence-electron chi connectivity index (χ2n) is 5.13. The zero-order chi connectivity index (χ0) is 13.6. The number of benzene rings is 1. The average Bonchev–Trinajstić information content (AvgIpc) is 2.33. The van der Waals surface area contributed by atoms with Gasteiger partial charge < -0.3 is 15.2 Å². The van der Waals surface area contributed by atoms with Gasteiger partial charge in [0, 0.05) is 12.1 Å². The summed E-state index contributed by atoms with van der Waals surface area (Å²) in [6.07, 6.45) is 3.82. The topological polar surface area (TPSA) is 44.5 Å². The van der Waals surface area contributed by atoms with E-state index in [1.165, 1.54) is 0 Å². The van der Waals surface area contributed by atoms with Crippen LogP contribution >= 0.6 is 0 Å². The van der Waals surface area contributed by atoms with Crippen LogP contribution in [0.1, 0.15) is 26.3 Å². The molecule has 2 N–H and O–H groups in total. The molecule has 3 nitrogen and oxygen atoms in total. The minimum atomic E-state index is 0.0153. The van der Waals surface area contributed by atoms with Gasteiger partial charge >= 0.3 is 0 Å². The molecule has 0 amide bonds. The van der Waals surface area contributed by atoms with E-state index in [1.54, 1.807) is 7.11 Å². The van der Waals surface area contributed by atoms with Crippen molar-refractivity contribution in [2.75, 3.05) is 20.3 Å². The van der Waals surface area contributed by atoms with E-state index in [0.717, 1.165) is 17.1 Å². The van der Waals surface area contributed by atoms with Crippen molar-refractivity contribution in [3.63, 3.8) is 0 Å². The van der Waals surface area contributed by atoms with Crippen LogP contribution in [-0.4, -0.2) is 20.3 Å². The summed E-state index contributed by atoms with van der Waals surface area (Å²) < 4.78 is 11.0. The molecule has 0 bridgehead atoms. The normalized spacial score (nSPS) is 11.8. The van der Waals surface area contributed by atoms with Gasteiger partial charge in [0.1, 0.15) is 18.1 Å². The second kappa shape index (κ2) is 6.45. The fraction of sp³-hybridized carbons (Fsp3) is 0.467. The van der Waals surface area contributed by atoms with Crippen LogP contribution in [0.5, 0.6) is 11.5 Å². The Bertz CT molecular complexity index is 405. The molecule has 0 spiro atoms. The molecule has 18 heavy (non-hydrogen) atoms. The summed E-state index contributed by atoms with van der Waals surface area (Å²) in [5, 5.41) is 0. The highest BCUT2D eigenvalue weighted by molar-refractivity contribution is 5.44. The highest BCUT2D eigenvalue weighted by Crippen LogP contribution is 2.34. The van der Waals surface area contributed by atoms with Crippen molar-refractivity contribution < 1.29 is 9.47 Å². The van der Waals surface area contributed by atoms with Gasteiger partial charge in [0.25, 0.3) is 0 Å². The maximum absolute atomic E-state index is 5.77.